The van der Waals surface area contributed by atoms with Crippen LogP contribution in [-0.2, 0) is 13.0 Å². The van der Waals surface area contributed by atoms with Gasteiger partial charge in [0.15, 0.2) is 0 Å². The van der Waals surface area contributed by atoms with Crippen LogP contribution in [0.1, 0.15) is 21.6 Å². The smallest absolute Gasteiger partial charge is 0.255 e. The predicted octanol–water partition coefficient (Wildman–Crippen LogP) is 4.53. The molecule has 1 aromatic heterocycles. The molecule has 1 aliphatic rings. The lowest BCUT2D eigenvalue weighted by atomic mass is 10.0. The standard InChI is InChI=1S/C19H15ClIN3O/c20-13-7-5-12(6-8-13)18-15-11-24(10-9-17(15)22-23-18)19(25)14-3-1-2-4-16(14)21/h1-8H,9-11H2,(H,22,23). The molecule has 1 N–H and O–H groups in total. The third-order valence-corrected chi connectivity index (χ3v) is 5.64. The summed E-state index contributed by atoms with van der Waals surface area (Å²) in [5.74, 6) is 0.0684. The number of hydrogen-bond acceptors (Lipinski definition) is 2. The molecule has 0 bridgehead atoms. The van der Waals surface area contributed by atoms with E-state index in [1.54, 1.807) is 0 Å². The molecule has 0 radical (unpaired) electrons. The fourth-order valence-corrected chi connectivity index (χ4v) is 3.86. The Balaban J connectivity index is 1.65. The van der Waals surface area contributed by atoms with Crippen LogP contribution in [0.3, 0.4) is 0 Å². The molecular weight excluding hydrogens is 449 g/mol. The van der Waals surface area contributed by atoms with Crippen LogP contribution >= 0.6 is 34.2 Å². The highest BCUT2D eigenvalue weighted by atomic mass is 127. The van der Waals surface area contributed by atoms with Gasteiger partial charge < -0.3 is 4.90 Å². The summed E-state index contributed by atoms with van der Waals surface area (Å²) >= 11 is 8.19. The molecule has 25 heavy (non-hydrogen) atoms. The largest absolute Gasteiger partial charge is 0.334 e. The van der Waals surface area contributed by atoms with Crippen LogP contribution in [0.15, 0.2) is 48.5 Å². The molecule has 4 nitrogen and oxygen atoms in total. The number of aromatic nitrogens is 2. The van der Waals surface area contributed by atoms with Crippen LogP contribution in [0, 0.1) is 3.57 Å². The zero-order valence-corrected chi connectivity index (χ0v) is 16.2. The Kier molecular flexibility index (Phi) is 4.52. The van der Waals surface area contributed by atoms with Gasteiger partial charge in [0.25, 0.3) is 5.91 Å². The monoisotopic (exact) mass is 463 g/mol. The highest BCUT2D eigenvalue weighted by Crippen LogP contribution is 2.30. The van der Waals surface area contributed by atoms with Gasteiger partial charge in [-0.2, -0.15) is 5.10 Å². The van der Waals surface area contributed by atoms with E-state index in [1.807, 2.05) is 53.4 Å². The second-order valence-corrected chi connectivity index (χ2v) is 7.59. The van der Waals surface area contributed by atoms with Crippen molar-refractivity contribution < 1.29 is 4.79 Å². The molecule has 1 amide bonds. The van der Waals surface area contributed by atoms with Crippen molar-refractivity contribution in [2.24, 2.45) is 0 Å². The maximum Gasteiger partial charge on any atom is 0.255 e. The number of nitrogens with zero attached hydrogens (tertiary/aromatic N) is 2. The summed E-state index contributed by atoms with van der Waals surface area (Å²) in [5.41, 5.74) is 4.85. The molecule has 2 heterocycles. The molecule has 1 aliphatic heterocycles. The summed E-state index contributed by atoms with van der Waals surface area (Å²) in [5, 5.41) is 8.30. The maximum atomic E-state index is 12.9. The molecule has 0 saturated heterocycles. The second-order valence-electron chi connectivity index (χ2n) is 5.99. The number of hydrogen-bond donors (Lipinski definition) is 1. The van der Waals surface area contributed by atoms with Crippen molar-refractivity contribution in [2.75, 3.05) is 6.54 Å². The number of aromatic amines is 1. The zero-order valence-electron chi connectivity index (χ0n) is 13.3. The summed E-state index contributed by atoms with van der Waals surface area (Å²) in [6.07, 6.45) is 0.783. The number of rotatable bonds is 2. The topological polar surface area (TPSA) is 49.0 Å². The average Bonchev–Trinajstić information content (AvgIpc) is 3.05. The van der Waals surface area contributed by atoms with E-state index in [4.69, 9.17) is 11.6 Å². The number of H-pyrrole nitrogens is 1. The fraction of sp³-hybridized carbons (Fsp3) is 0.158. The van der Waals surface area contributed by atoms with Crippen molar-refractivity contribution in [3.63, 3.8) is 0 Å². The van der Waals surface area contributed by atoms with Gasteiger partial charge >= 0.3 is 0 Å². The van der Waals surface area contributed by atoms with Crippen LogP contribution in [0.4, 0.5) is 0 Å². The van der Waals surface area contributed by atoms with Crippen molar-refractivity contribution in [2.45, 2.75) is 13.0 Å². The van der Waals surface area contributed by atoms with Gasteiger partial charge in [-0.15, -0.1) is 0 Å². The molecule has 0 atom stereocenters. The molecule has 0 aliphatic carbocycles. The number of halogens is 2. The zero-order chi connectivity index (χ0) is 17.4. The number of nitrogens with one attached hydrogen (secondary N) is 1. The Morgan fingerprint density at radius 1 is 1.16 bits per heavy atom. The summed E-state index contributed by atoms with van der Waals surface area (Å²) < 4.78 is 0.973. The lowest BCUT2D eigenvalue weighted by Gasteiger charge is -2.27. The Bertz CT molecular complexity index is 936. The first-order valence-corrected chi connectivity index (χ1v) is 9.45. The Morgan fingerprint density at radius 2 is 1.92 bits per heavy atom. The lowest BCUT2D eigenvalue weighted by Crippen LogP contribution is -2.36. The average molecular weight is 464 g/mol. The number of benzene rings is 2. The normalized spacial score (nSPS) is 13.6. The number of carbonyl (C=O) groups is 1. The van der Waals surface area contributed by atoms with Crippen molar-refractivity contribution in [1.29, 1.82) is 0 Å². The Labute approximate surface area is 164 Å². The minimum atomic E-state index is 0.0684. The SMILES string of the molecule is O=C(c1ccccc1I)N1CCc2[nH]nc(-c3ccc(Cl)cc3)c2C1. The van der Waals surface area contributed by atoms with Gasteiger partial charge in [-0.1, -0.05) is 35.9 Å². The van der Waals surface area contributed by atoms with Crippen molar-refractivity contribution >= 4 is 40.1 Å². The first-order valence-electron chi connectivity index (χ1n) is 7.99. The van der Waals surface area contributed by atoms with Crippen LogP contribution in [0.2, 0.25) is 5.02 Å². The quantitative estimate of drug-likeness (QED) is 0.568. The Hall–Kier alpha value is -1.86. The van der Waals surface area contributed by atoms with Gasteiger partial charge in [0.2, 0.25) is 0 Å². The molecule has 0 fully saturated rings. The van der Waals surface area contributed by atoms with Gasteiger partial charge in [0.1, 0.15) is 0 Å². The van der Waals surface area contributed by atoms with E-state index in [0.717, 1.165) is 38.1 Å². The summed E-state index contributed by atoms with van der Waals surface area (Å²) in [4.78, 5) is 14.8. The van der Waals surface area contributed by atoms with Gasteiger partial charge in [-0.3, -0.25) is 9.89 Å². The van der Waals surface area contributed by atoms with Crippen LogP contribution < -0.4 is 0 Å². The number of amides is 1. The molecule has 6 heteroatoms. The minimum Gasteiger partial charge on any atom is -0.334 e. The molecule has 0 saturated carbocycles. The third kappa shape index (κ3) is 3.18. The summed E-state index contributed by atoms with van der Waals surface area (Å²) in [6, 6.07) is 15.3. The van der Waals surface area contributed by atoms with Gasteiger partial charge in [-0.25, -0.2) is 0 Å². The van der Waals surface area contributed by atoms with E-state index in [-0.39, 0.29) is 5.91 Å². The summed E-state index contributed by atoms with van der Waals surface area (Å²) in [7, 11) is 0. The molecule has 126 valence electrons. The van der Waals surface area contributed by atoms with Gasteiger partial charge in [-0.05, 0) is 46.9 Å². The predicted molar refractivity (Wildman–Crippen MR) is 107 cm³/mol. The van der Waals surface area contributed by atoms with Crippen LogP contribution in [0.5, 0.6) is 0 Å². The molecule has 3 aromatic rings. The highest BCUT2D eigenvalue weighted by Gasteiger charge is 2.27. The van der Waals surface area contributed by atoms with E-state index in [2.05, 4.69) is 32.8 Å². The van der Waals surface area contributed by atoms with E-state index in [0.29, 0.717) is 18.1 Å². The lowest BCUT2D eigenvalue weighted by molar-refractivity contribution is 0.0733. The molecule has 0 unspecified atom stereocenters. The number of carbonyl (C=O) groups excluding carboxylic acids is 1. The van der Waals surface area contributed by atoms with E-state index in [1.165, 1.54) is 0 Å². The molecule has 2 aromatic carbocycles. The molecular formula is C19H15ClIN3O. The maximum absolute atomic E-state index is 12.9. The third-order valence-electron chi connectivity index (χ3n) is 4.44. The fourth-order valence-electron chi connectivity index (χ4n) is 3.12. The highest BCUT2D eigenvalue weighted by molar-refractivity contribution is 14.1. The first kappa shape index (κ1) is 16.6. The molecule has 4 rings (SSSR count). The summed E-state index contributed by atoms with van der Waals surface area (Å²) in [6.45, 7) is 1.26. The Morgan fingerprint density at radius 3 is 2.68 bits per heavy atom. The van der Waals surface area contributed by atoms with Crippen LogP contribution in [0.25, 0.3) is 11.3 Å². The second kappa shape index (κ2) is 6.80. The van der Waals surface area contributed by atoms with Crippen molar-refractivity contribution in [3.05, 3.63) is 73.9 Å². The minimum absolute atomic E-state index is 0.0684. The molecule has 0 spiro atoms. The van der Waals surface area contributed by atoms with E-state index >= 15 is 0 Å². The van der Waals surface area contributed by atoms with Crippen molar-refractivity contribution in [1.82, 2.24) is 15.1 Å². The van der Waals surface area contributed by atoms with E-state index < -0.39 is 0 Å². The van der Waals surface area contributed by atoms with Crippen molar-refractivity contribution in [3.8, 4) is 11.3 Å². The number of fused-ring (bicyclic) bond motifs is 1. The van der Waals surface area contributed by atoms with E-state index in [9.17, 15) is 4.79 Å². The van der Waals surface area contributed by atoms with Gasteiger partial charge in [0.05, 0.1) is 11.3 Å². The van der Waals surface area contributed by atoms with Gasteiger partial charge in [0, 0.05) is 44.9 Å². The first-order chi connectivity index (χ1) is 12.1. The van der Waals surface area contributed by atoms with Crippen LogP contribution in [-0.4, -0.2) is 27.5 Å².